The van der Waals surface area contributed by atoms with Crippen molar-refractivity contribution in [3.8, 4) is 11.5 Å². The van der Waals surface area contributed by atoms with Gasteiger partial charge in [-0.3, -0.25) is 4.79 Å². The SMILES string of the molecule is COc1ccc(O)c(C(=O)Nc2ccc(C(F)(F)F)cc2Br)c1. The minimum Gasteiger partial charge on any atom is -0.507 e. The van der Waals surface area contributed by atoms with Crippen molar-refractivity contribution < 1.29 is 27.8 Å². The Hall–Kier alpha value is -2.22. The van der Waals surface area contributed by atoms with Gasteiger partial charge >= 0.3 is 6.18 Å². The number of amides is 1. The van der Waals surface area contributed by atoms with Crippen LogP contribution in [0.3, 0.4) is 0 Å². The number of rotatable bonds is 3. The van der Waals surface area contributed by atoms with Gasteiger partial charge in [-0.15, -0.1) is 0 Å². The van der Waals surface area contributed by atoms with E-state index in [1.807, 2.05) is 0 Å². The molecule has 0 heterocycles. The number of aromatic hydroxyl groups is 1. The van der Waals surface area contributed by atoms with E-state index in [-0.39, 0.29) is 21.5 Å². The Labute approximate surface area is 138 Å². The summed E-state index contributed by atoms with van der Waals surface area (Å²) >= 11 is 2.99. The molecule has 0 aliphatic heterocycles. The van der Waals surface area contributed by atoms with Crippen molar-refractivity contribution in [1.82, 2.24) is 0 Å². The fourth-order valence-electron chi connectivity index (χ4n) is 1.81. The van der Waals surface area contributed by atoms with E-state index < -0.39 is 17.6 Å². The Bertz CT molecular complexity index is 747. The van der Waals surface area contributed by atoms with Gasteiger partial charge in [-0.1, -0.05) is 0 Å². The summed E-state index contributed by atoms with van der Waals surface area (Å²) in [6.07, 6.45) is -4.48. The van der Waals surface area contributed by atoms with E-state index in [9.17, 15) is 23.1 Å². The quantitative estimate of drug-likeness (QED) is 0.815. The van der Waals surface area contributed by atoms with Gasteiger partial charge in [0.1, 0.15) is 11.5 Å². The molecule has 2 N–H and O–H groups in total. The summed E-state index contributed by atoms with van der Waals surface area (Å²) in [4.78, 5) is 12.2. The third-order valence-electron chi connectivity index (χ3n) is 2.99. The maximum atomic E-state index is 12.6. The molecule has 0 fully saturated rings. The predicted molar refractivity (Wildman–Crippen MR) is 81.8 cm³/mol. The minimum absolute atomic E-state index is 0.0591. The number of halogens is 4. The van der Waals surface area contributed by atoms with Gasteiger partial charge in [0.25, 0.3) is 5.91 Å². The average Bonchev–Trinajstić information content (AvgIpc) is 2.48. The highest BCUT2D eigenvalue weighted by Gasteiger charge is 2.31. The molecule has 2 aromatic carbocycles. The van der Waals surface area contributed by atoms with E-state index in [1.165, 1.54) is 25.3 Å². The highest BCUT2D eigenvalue weighted by molar-refractivity contribution is 9.10. The van der Waals surface area contributed by atoms with Crippen LogP contribution in [-0.4, -0.2) is 18.1 Å². The molecule has 0 atom stereocenters. The maximum Gasteiger partial charge on any atom is 0.416 e. The molecule has 1 amide bonds. The Morgan fingerprint density at radius 2 is 1.91 bits per heavy atom. The second-order valence-corrected chi connectivity index (χ2v) is 5.38. The predicted octanol–water partition coefficient (Wildman–Crippen LogP) is 4.43. The number of carbonyl (C=O) groups excluding carboxylic acids is 1. The lowest BCUT2D eigenvalue weighted by Gasteiger charge is -2.12. The first kappa shape index (κ1) is 17.1. The fraction of sp³-hybridized carbons (Fsp3) is 0.133. The molecule has 0 saturated heterocycles. The number of nitrogens with one attached hydrogen (secondary N) is 1. The van der Waals surface area contributed by atoms with Crippen LogP contribution in [0, 0.1) is 0 Å². The lowest BCUT2D eigenvalue weighted by Crippen LogP contribution is -2.13. The summed E-state index contributed by atoms with van der Waals surface area (Å²) in [7, 11) is 1.40. The normalized spacial score (nSPS) is 11.2. The second kappa shape index (κ2) is 6.49. The van der Waals surface area contributed by atoms with Gasteiger partial charge in [-0.2, -0.15) is 13.2 Å². The summed E-state index contributed by atoms with van der Waals surface area (Å²) in [5.41, 5.74) is -0.757. The molecule has 122 valence electrons. The lowest BCUT2D eigenvalue weighted by molar-refractivity contribution is -0.137. The number of ether oxygens (including phenoxy) is 1. The molecular formula is C15H11BrF3NO3. The van der Waals surface area contributed by atoms with Crippen LogP contribution in [-0.2, 0) is 6.18 Å². The molecule has 0 saturated carbocycles. The average molecular weight is 390 g/mol. The van der Waals surface area contributed by atoms with Crippen molar-refractivity contribution in [2.45, 2.75) is 6.18 Å². The van der Waals surface area contributed by atoms with Crippen LogP contribution >= 0.6 is 15.9 Å². The van der Waals surface area contributed by atoms with Gasteiger partial charge in [0.05, 0.1) is 23.9 Å². The summed E-state index contributed by atoms with van der Waals surface area (Å²) < 4.78 is 42.9. The topological polar surface area (TPSA) is 58.6 Å². The Morgan fingerprint density at radius 3 is 2.48 bits per heavy atom. The molecule has 0 aromatic heterocycles. The zero-order valence-corrected chi connectivity index (χ0v) is 13.3. The van der Waals surface area contributed by atoms with Crippen molar-refractivity contribution in [3.63, 3.8) is 0 Å². The maximum absolute atomic E-state index is 12.6. The van der Waals surface area contributed by atoms with Crippen LogP contribution in [0.4, 0.5) is 18.9 Å². The van der Waals surface area contributed by atoms with E-state index >= 15 is 0 Å². The van der Waals surface area contributed by atoms with Crippen LogP contribution < -0.4 is 10.1 Å². The largest absolute Gasteiger partial charge is 0.507 e. The molecule has 0 spiro atoms. The number of phenols is 1. The zero-order chi connectivity index (χ0) is 17.2. The molecule has 0 unspecified atom stereocenters. The molecule has 0 aliphatic carbocycles. The molecule has 8 heteroatoms. The lowest BCUT2D eigenvalue weighted by atomic mass is 10.1. The van der Waals surface area contributed by atoms with Crippen LogP contribution in [0.25, 0.3) is 0 Å². The van der Waals surface area contributed by atoms with E-state index in [0.717, 1.165) is 18.2 Å². The van der Waals surface area contributed by atoms with E-state index in [2.05, 4.69) is 21.2 Å². The van der Waals surface area contributed by atoms with Gasteiger partial charge in [-0.05, 0) is 52.3 Å². The number of anilines is 1. The number of alkyl halides is 3. The standard InChI is InChI=1S/C15H11BrF3NO3/c1-23-9-3-5-13(21)10(7-9)14(22)20-12-4-2-8(6-11(12)16)15(17,18)19/h2-7,21H,1H3,(H,20,22). The first-order valence-corrected chi connectivity index (χ1v) is 7.07. The summed E-state index contributed by atoms with van der Waals surface area (Å²) in [6.45, 7) is 0. The molecular weight excluding hydrogens is 379 g/mol. The van der Waals surface area contributed by atoms with Crippen molar-refractivity contribution in [3.05, 3.63) is 52.0 Å². The van der Waals surface area contributed by atoms with Gasteiger partial charge in [0.15, 0.2) is 0 Å². The zero-order valence-electron chi connectivity index (χ0n) is 11.7. The highest BCUT2D eigenvalue weighted by Crippen LogP contribution is 2.34. The third kappa shape index (κ3) is 3.95. The molecule has 0 radical (unpaired) electrons. The van der Waals surface area contributed by atoms with Crippen molar-refractivity contribution in [1.29, 1.82) is 0 Å². The van der Waals surface area contributed by atoms with Crippen molar-refractivity contribution in [2.24, 2.45) is 0 Å². The van der Waals surface area contributed by atoms with Gasteiger partial charge in [0.2, 0.25) is 0 Å². The summed E-state index contributed by atoms with van der Waals surface area (Å²) in [5.74, 6) is -0.590. The van der Waals surface area contributed by atoms with E-state index in [0.29, 0.717) is 5.75 Å². The highest BCUT2D eigenvalue weighted by atomic mass is 79.9. The number of hydrogen-bond donors (Lipinski definition) is 2. The first-order chi connectivity index (χ1) is 10.7. The first-order valence-electron chi connectivity index (χ1n) is 6.27. The third-order valence-corrected chi connectivity index (χ3v) is 3.65. The molecule has 0 aliphatic rings. The van der Waals surface area contributed by atoms with E-state index in [4.69, 9.17) is 4.74 Å². The van der Waals surface area contributed by atoms with Gasteiger partial charge < -0.3 is 15.2 Å². The van der Waals surface area contributed by atoms with Crippen LogP contribution in [0.5, 0.6) is 11.5 Å². The van der Waals surface area contributed by atoms with Crippen molar-refractivity contribution in [2.75, 3.05) is 12.4 Å². The van der Waals surface area contributed by atoms with Gasteiger partial charge in [-0.25, -0.2) is 0 Å². The molecule has 0 bridgehead atoms. The van der Waals surface area contributed by atoms with Crippen LogP contribution in [0.1, 0.15) is 15.9 Å². The minimum atomic E-state index is -4.48. The van der Waals surface area contributed by atoms with Gasteiger partial charge in [0, 0.05) is 4.47 Å². The fourth-order valence-corrected chi connectivity index (χ4v) is 2.28. The van der Waals surface area contributed by atoms with E-state index in [1.54, 1.807) is 0 Å². The Balaban J connectivity index is 2.27. The Kier molecular flexibility index (Phi) is 4.84. The smallest absolute Gasteiger partial charge is 0.416 e. The number of phenolic OH excluding ortho intramolecular Hbond substituents is 1. The Morgan fingerprint density at radius 1 is 1.22 bits per heavy atom. The summed E-state index contributed by atoms with van der Waals surface area (Å²) in [5, 5.41) is 12.2. The number of hydrogen-bond acceptors (Lipinski definition) is 3. The molecule has 23 heavy (non-hydrogen) atoms. The summed E-state index contributed by atoms with van der Waals surface area (Å²) in [6, 6.07) is 6.92. The molecule has 2 aromatic rings. The monoisotopic (exact) mass is 389 g/mol. The number of benzene rings is 2. The van der Waals surface area contributed by atoms with Crippen LogP contribution in [0.15, 0.2) is 40.9 Å². The number of methoxy groups -OCH3 is 1. The second-order valence-electron chi connectivity index (χ2n) is 4.53. The molecule has 2 rings (SSSR count). The van der Waals surface area contributed by atoms with Crippen molar-refractivity contribution >= 4 is 27.5 Å². The molecule has 4 nitrogen and oxygen atoms in total. The van der Waals surface area contributed by atoms with Crippen LogP contribution in [0.2, 0.25) is 0 Å². The number of carbonyl (C=O) groups is 1.